The molecule has 3 nitrogen and oxygen atoms in total. The Morgan fingerprint density at radius 2 is 2.00 bits per heavy atom. The number of aliphatic hydroxyl groups excluding tert-OH is 1. The molecule has 0 saturated heterocycles. The standard InChI is InChI=1S/C13H26BrNO2/c1-15(8-12(16)9-17-2)11-13(10-14)6-4-3-5-7-13/h12,16H,3-11H2,1-2H3. The fraction of sp³-hybridized carbons (Fsp3) is 1.00. The van der Waals surface area contributed by atoms with E-state index < -0.39 is 0 Å². The Bertz CT molecular complexity index is 208. The Balaban J connectivity index is 2.38. The number of ether oxygens (including phenoxy) is 1. The molecule has 0 radical (unpaired) electrons. The van der Waals surface area contributed by atoms with Gasteiger partial charge in [0, 0.05) is 25.5 Å². The van der Waals surface area contributed by atoms with Gasteiger partial charge in [-0.15, -0.1) is 0 Å². The van der Waals surface area contributed by atoms with Crippen LogP contribution in [0, 0.1) is 5.41 Å². The molecule has 0 aromatic heterocycles. The molecule has 1 atom stereocenters. The second-order valence-corrected chi connectivity index (χ2v) is 6.06. The Hall–Kier alpha value is 0.360. The lowest BCUT2D eigenvalue weighted by Crippen LogP contribution is -2.42. The predicted molar refractivity (Wildman–Crippen MR) is 74.7 cm³/mol. The van der Waals surface area contributed by atoms with Gasteiger partial charge >= 0.3 is 0 Å². The third-order valence-electron chi connectivity index (χ3n) is 3.68. The highest BCUT2D eigenvalue weighted by molar-refractivity contribution is 9.09. The monoisotopic (exact) mass is 307 g/mol. The van der Waals surface area contributed by atoms with Crippen molar-refractivity contribution in [3.63, 3.8) is 0 Å². The molecule has 102 valence electrons. The number of methoxy groups -OCH3 is 1. The molecule has 17 heavy (non-hydrogen) atoms. The first-order valence-corrected chi connectivity index (χ1v) is 7.65. The van der Waals surface area contributed by atoms with E-state index in [1.807, 2.05) is 0 Å². The fourth-order valence-electron chi connectivity index (χ4n) is 2.88. The molecule has 1 rings (SSSR count). The van der Waals surface area contributed by atoms with Crippen LogP contribution in [0.1, 0.15) is 32.1 Å². The van der Waals surface area contributed by atoms with Crippen molar-refractivity contribution >= 4 is 15.9 Å². The average Bonchev–Trinajstić information content (AvgIpc) is 2.30. The maximum atomic E-state index is 9.73. The minimum Gasteiger partial charge on any atom is -0.389 e. The van der Waals surface area contributed by atoms with E-state index in [1.54, 1.807) is 7.11 Å². The topological polar surface area (TPSA) is 32.7 Å². The number of hydrogen-bond acceptors (Lipinski definition) is 3. The summed E-state index contributed by atoms with van der Waals surface area (Å²) in [7, 11) is 3.72. The number of aliphatic hydroxyl groups is 1. The van der Waals surface area contributed by atoms with Gasteiger partial charge in [-0.2, -0.15) is 0 Å². The van der Waals surface area contributed by atoms with Crippen molar-refractivity contribution in [3.05, 3.63) is 0 Å². The molecular weight excluding hydrogens is 282 g/mol. The van der Waals surface area contributed by atoms with Gasteiger partial charge in [0.2, 0.25) is 0 Å². The third-order valence-corrected chi connectivity index (χ3v) is 4.87. The molecule has 0 amide bonds. The zero-order valence-corrected chi connectivity index (χ0v) is 12.7. The van der Waals surface area contributed by atoms with Crippen LogP contribution in [0.2, 0.25) is 0 Å². The minimum atomic E-state index is -0.374. The molecular formula is C13H26BrNO2. The SMILES string of the molecule is COCC(O)CN(C)CC1(CBr)CCCCC1. The maximum absolute atomic E-state index is 9.73. The van der Waals surface area contributed by atoms with Gasteiger partial charge < -0.3 is 14.7 Å². The summed E-state index contributed by atoms with van der Waals surface area (Å²) in [5.41, 5.74) is 0.416. The van der Waals surface area contributed by atoms with Gasteiger partial charge in [-0.3, -0.25) is 0 Å². The van der Waals surface area contributed by atoms with Gasteiger partial charge in [-0.1, -0.05) is 35.2 Å². The zero-order valence-electron chi connectivity index (χ0n) is 11.1. The summed E-state index contributed by atoms with van der Waals surface area (Å²) in [6.07, 6.45) is 6.32. The predicted octanol–water partition coefficient (Wildman–Crippen LogP) is 2.27. The van der Waals surface area contributed by atoms with Crippen LogP contribution in [-0.2, 0) is 4.74 Å². The van der Waals surface area contributed by atoms with Gasteiger partial charge in [0.25, 0.3) is 0 Å². The van der Waals surface area contributed by atoms with Crippen molar-refractivity contribution in [3.8, 4) is 0 Å². The smallest absolute Gasteiger partial charge is 0.0899 e. The summed E-state index contributed by atoms with van der Waals surface area (Å²) in [5.74, 6) is 0. The molecule has 4 heteroatoms. The van der Waals surface area contributed by atoms with E-state index in [9.17, 15) is 5.11 Å². The van der Waals surface area contributed by atoms with E-state index >= 15 is 0 Å². The lowest BCUT2D eigenvalue weighted by Gasteiger charge is -2.39. The van der Waals surface area contributed by atoms with Crippen LogP contribution in [0.3, 0.4) is 0 Å². The number of nitrogens with zero attached hydrogens (tertiary/aromatic N) is 1. The Morgan fingerprint density at radius 1 is 1.35 bits per heavy atom. The first-order valence-electron chi connectivity index (χ1n) is 6.53. The molecule has 0 aromatic carbocycles. The largest absolute Gasteiger partial charge is 0.389 e. The highest BCUT2D eigenvalue weighted by Crippen LogP contribution is 2.38. The van der Waals surface area contributed by atoms with Crippen LogP contribution < -0.4 is 0 Å². The quantitative estimate of drug-likeness (QED) is 0.732. The summed E-state index contributed by atoms with van der Waals surface area (Å²) < 4.78 is 4.96. The van der Waals surface area contributed by atoms with Crippen LogP contribution in [0.15, 0.2) is 0 Å². The van der Waals surface area contributed by atoms with Crippen molar-refractivity contribution in [2.45, 2.75) is 38.2 Å². The van der Waals surface area contributed by atoms with E-state index in [4.69, 9.17) is 4.74 Å². The van der Waals surface area contributed by atoms with Gasteiger partial charge in [-0.25, -0.2) is 0 Å². The summed E-state index contributed by atoms with van der Waals surface area (Å²) in [4.78, 5) is 2.25. The molecule has 0 aromatic rings. The number of halogens is 1. The molecule has 1 unspecified atom stereocenters. The Morgan fingerprint density at radius 3 is 2.53 bits per heavy atom. The number of alkyl halides is 1. The molecule has 1 saturated carbocycles. The minimum absolute atomic E-state index is 0.374. The van der Waals surface area contributed by atoms with E-state index in [-0.39, 0.29) is 6.10 Å². The van der Waals surface area contributed by atoms with Gasteiger partial charge in [0.05, 0.1) is 12.7 Å². The molecule has 0 heterocycles. The summed E-state index contributed by atoms with van der Waals surface area (Å²) in [6, 6.07) is 0. The summed E-state index contributed by atoms with van der Waals surface area (Å²) in [6.45, 7) is 2.19. The van der Waals surface area contributed by atoms with Crippen molar-refractivity contribution in [1.29, 1.82) is 0 Å². The van der Waals surface area contributed by atoms with Crippen molar-refractivity contribution in [2.24, 2.45) is 5.41 Å². The normalized spacial score (nSPS) is 21.7. The Labute approximate surface area is 114 Å². The summed E-state index contributed by atoms with van der Waals surface area (Å²) in [5, 5.41) is 10.8. The van der Waals surface area contributed by atoms with Crippen LogP contribution in [0.5, 0.6) is 0 Å². The van der Waals surface area contributed by atoms with Crippen LogP contribution in [-0.4, -0.2) is 55.3 Å². The fourth-order valence-corrected chi connectivity index (χ4v) is 3.62. The molecule has 1 aliphatic carbocycles. The number of likely N-dealkylation sites (N-methyl/N-ethyl adjacent to an activating group) is 1. The average molecular weight is 308 g/mol. The molecule has 1 aliphatic rings. The van der Waals surface area contributed by atoms with Gasteiger partial charge in [0.15, 0.2) is 0 Å². The lowest BCUT2D eigenvalue weighted by atomic mass is 9.75. The van der Waals surface area contributed by atoms with Gasteiger partial charge in [-0.05, 0) is 25.3 Å². The van der Waals surface area contributed by atoms with E-state index in [2.05, 4.69) is 27.9 Å². The van der Waals surface area contributed by atoms with E-state index in [0.717, 1.165) is 11.9 Å². The Kier molecular flexibility index (Phi) is 7.00. The first kappa shape index (κ1) is 15.4. The number of rotatable bonds is 7. The van der Waals surface area contributed by atoms with Crippen molar-refractivity contribution < 1.29 is 9.84 Å². The molecule has 1 N–H and O–H groups in total. The lowest BCUT2D eigenvalue weighted by molar-refractivity contribution is 0.0314. The second-order valence-electron chi connectivity index (χ2n) is 5.50. The van der Waals surface area contributed by atoms with Crippen molar-refractivity contribution in [2.75, 3.05) is 39.2 Å². The molecule has 1 fully saturated rings. The highest BCUT2D eigenvalue weighted by atomic mass is 79.9. The maximum Gasteiger partial charge on any atom is 0.0899 e. The van der Waals surface area contributed by atoms with Crippen molar-refractivity contribution in [1.82, 2.24) is 4.90 Å². The zero-order chi connectivity index (χ0) is 12.7. The third kappa shape index (κ3) is 5.25. The molecule has 0 aliphatic heterocycles. The number of hydrogen-bond donors (Lipinski definition) is 1. The molecule has 0 spiro atoms. The second kappa shape index (κ2) is 7.72. The van der Waals surface area contributed by atoms with Crippen LogP contribution in [0.25, 0.3) is 0 Å². The van der Waals surface area contributed by atoms with Crippen LogP contribution in [0.4, 0.5) is 0 Å². The molecule has 0 bridgehead atoms. The first-order chi connectivity index (χ1) is 8.12. The van der Waals surface area contributed by atoms with Crippen LogP contribution >= 0.6 is 15.9 Å². The van der Waals surface area contributed by atoms with Gasteiger partial charge in [0.1, 0.15) is 0 Å². The summed E-state index contributed by atoms with van der Waals surface area (Å²) >= 11 is 3.68. The van der Waals surface area contributed by atoms with E-state index in [0.29, 0.717) is 18.6 Å². The highest BCUT2D eigenvalue weighted by Gasteiger charge is 2.32. The van der Waals surface area contributed by atoms with E-state index in [1.165, 1.54) is 32.1 Å².